The topological polar surface area (TPSA) is 89.4 Å². The van der Waals surface area contributed by atoms with E-state index < -0.39 is 11.2 Å². The maximum Gasteiger partial charge on any atom is 0.277 e. The minimum absolute atomic E-state index is 0.277. The van der Waals surface area contributed by atoms with Crippen LogP contribution in [0, 0.1) is 0 Å². The lowest BCUT2D eigenvalue weighted by atomic mass is 9.98. The average molecular weight is 344 g/mol. The van der Waals surface area contributed by atoms with Crippen LogP contribution in [0.4, 0.5) is 0 Å². The first-order valence-corrected chi connectivity index (χ1v) is 8.41. The van der Waals surface area contributed by atoms with Crippen molar-refractivity contribution < 1.29 is 13.9 Å². The largest absolute Gasteiger partial charge is 0.502 e. The van der Waals surface area contributed by atoms with Crippen LogP contribution in [0.15, 0.2) is 61.5 Å². The highest BCUT2D eigenvalue weighted by atomic mass is 32.2. The van der Waals surface area contributed by atoms with Crippen LogP contribution >= 0.6 is 11.8 Å². The summed E-state index contributed by atoms with van der Waals surface area (Å²) in [6, 6.07) is 11.4. The third kappa shape index (κ3) is 4.05. The Morgan fingerprint density at radius 3 is 2.79 bits per heavy atom. The van der Waals surface area contributed by atoms with Crippen molar-refractivity contribution in [3.63, 3.8) is 0 Å². The minimum atomic E-state index is -0.472. The van der Waals surface area contributed by atoms with Gasteiger partial charge in [-0.25, -0.2) is 0 Å². The second-order valence-electron chi connectivity index (χ2n) is 5.36. The van der Waals surface area contributed by atoms with Crippen molar-refractivity contribution in [1.29, 1.82) is 0 Å². The lowest BCUT2D eigenvalue weighted by molar-refractivity contribution is 0.403. The van der Waals surface area contributed by atoms with Crippen molar-refractivity contribution in [1.82, 2.24) is 10.2 Å². The summed E-state index contributed by atoms with van der Waals surface area (Å²) in [4.78, 5) is 11.3. The molecule has 0 aliphatic rings. The van der Waals surface area contributed by atoms with Crippen LogP contribution in [-0.4, -0.2) is 15.3 Å². The lowest BCUT2D eigenvalue weighted by Gasteiger charge is -2.08. The SMILES string of the molecule is CC(Cc1nnc(SCc2cc(=O)c(O)co2)o1)c1ccccc1. The number of rotatable bonds is 6. The van der Waals surface area contributed by atoms with Gasteiger partial charge in [0.1, 0.15) is 12.0 Å². The van der Waals surface area contributed by atoms with Gasteiger partial charge in [0.05, 0.1) is 5.75 Å². The lowest BCUT2D eigenvalue weighted by Crippen LogP contribution is -1.99. The number of benzene rings is 1. The number of aromatic nitrogens is 2. The molecule has 0 spiro atoms. The molecule has 1 unspecified atom stereocenters. The zero-order valence-electron chi connectivity index (χ0n) is 13.0. The Bertz CT molecular complexity index is 860. The molecular formula is C17H16N2O4S. The molecule has 2 aromatic heterocycles. The van der Waals surface area contributed by atoms with Crippen LogP contribution in [-0.2, 0) is 12.2 Å². The van der Waals surface area contributed by atoms with Gasteiger partial charge in [0.25, 0.3) is 5.22 Å². The molecule has 1 atom stereocenters. The molecule has 6 nitrogen and oxygen atoms in total. The average Bonchev–Trinajstić information content (AvgIpc) is 3.04. The minimum Gasteiger partial charge on any atom is -0.502 e. The van der Waals surface area contributed by atoms with Crippen LogP contribution in [0.3, 0.4) is 0 Å². The van der Waals surface area contributed by atoms with E-state index in [1.165, 1.54) is 23.4 Å². The van der Waals surface area contributed by atoms with Gasteiger partial charge in [-0.15, -0.1) is 10.2 Å². The van der Waals surface area contributed by atoms with Crippen molar-refractivity contribution in [2.24, 2.45) is 0 Å². The first-order valence-electron chi connectivity index (χ1n) is 7.42. The molecule has 0 bridgehead atoms. The molecule has 7 heteroatoms. The number of hydrogen-bond donors (Lipinski definition) is 1. The fourth-order valence-electron chi connectivity index (χ4n) is 2.19. The van der Waals surface area contributed by atoms with Crippen molar-refractivity contribution in [3.05, 3.63) is 70.1 Å². The second kappa shape index (κ2) is 7.35. The Kier molecular flexibility index (Phi) is 5.00. The fraction of sp³-hybridized carbons (Fsp3) is 0.235. The summed E-state index contributed by atoms with van der Waals surface area (Å²) in [5, 5.41) is 17.6. The standard InChI is InChI=1S/C17H16N2O4S/c1-11(12-5-3-2-4-6-12)7-16-18-19-17(23-16)24-10-13-8-14(20)15(21)9-22-13/h2-6,8-9,11,21H,7,10H2,1H3. The van der Waals surface area contributed by atoms with Crippen molar-refractivity contribution in [2.75, 3.05) is 0 Å². The van der Waals surface area contributed by atoms with Crippen LogP contribution < -0.4 is 5.43 Å². The van der Waals surface area contributed by atoms with Crippen LogP contribution in [0.2, 0.25) is 0 Å². The second-order valence-corrected chi connectivity index (χ2v) is 6.29. The van der Waals surface area contributed by atoms with Gasteiger partial charge < -0.3 is 13.9 Å². The highest BCUT2D eigenvalue weighted by Crippen LogP contribution is 2.24. The van der Waals surface area contributed by atoms with E-state index in [-0.39, 0.29) is 5.92 Å². The highest BCUT2D eigenvalue weighted by Gasteiger charge is 2.13. The summed E-state index contributed by atoms with van der Waals surface area (Å²) >= 11 is 1.28. The summed E-state index contributed by atoms with van der Waals surface area (Å²) in [5.41, 5.74) is 0.746. The summed E-state index contributed by atoms with van der Waals surface area (Å²) < 4.78 is 10.8. The van der Waals surface area contributed by atoms with E-state index in [1.807, 2.05) is 18.2 Å². The molecule has 0 amide bonds. The molecule has 0 aliphatic heterocycles. The summed E-state index contributed by atoms with van der Waals surface area (Å²) in [6.45, 7) is 2.11. The van der Waals surface area contributed by atoms with E-state index in [1.54, 1.807) is 0 Å². The molecule has 2 heterocycles. The molecule has 1 N–H and O–H groups in total. The first kappa shape index (κ1) is 16.3. The summed E-state index contributed by atoms with van der Waals surface area (Å²) in [5.74, 6) is 1.24. The quantitative estimate of drug-likeness (QED) is 0.686. The number of aromatic hydroxyl groups is 1. The summed E-state index contributed by atoms with van der Waals surface area (Å²) in [6.07, 6.45) is 1.69. The van der Waals surface area contributed by atoms with E-state index in [0.29, 0.717) is 29.0 Å². The number of thioether (sulfide) groups is 1. The Balaban J connectivity index is 1.59. The Morgan fingerprint density at radius 2 is 2.04 bits per heavy atom. The zero-order chi connectivity index (χ0) is 16.9. The van der Waals surface area contributed by atoms with Gasteiger partial charge in [0.2, 0.25) is 11.3 Å². The predicted molar refractivity (Wildman–Crippen MR) is 89.1 cm³/mol. The monoisotopic (exact) mass is 344 g/mol. The Labute approximate surface area is 142 Å². The zero-order valence-corrected chi connectivity index (χ0v) is 13.8. The molecular weight excluding hydrogens is 328 g/mol. The molecule has 0 saturated heterocycles. The fourth-order valence-corrected chi connectivity index (χ4v) is 2.86. The van der Waals surface area contributed by atoms with Gasteiger partial charge >= 0.3 is 0 Å². The van der Waals surface area contributed by atoms with Gasteiger partial charge in [-0.1, -0.05) is 49.0 Å². The molecule has 0 aliphatic carbocycles. The van der Waals surface area contributed by atoms with E-state index in [4.69, 9.17) is 13.9 Å². The molecule has 3 rings (SSSR count). The smallest absolute Gasteiger partial charge is 0.277 e. The van der Waals surface area contributed by atoms with E-state index in [9.17, 15) is 4.79 Å². The first-order chi connectivity index (χ1) is 11.6. The summed E-state index contributed by atoms with van der Waals surface area (Å²) in [7, 11) is 0. The third-order valence-corrected chi connectivity index (χ3v) is 4.34. The molecule has 1 aromatic carbocycles. The van der Waals surface area contributed by atoms with Gasteiger partial charge in [-0.05, 0) is 11.5 Å². The Morgan fingerprint density at radius 1 is 1.25 bits per heavy atom. The van der Waals surface area contributed by atoms with Crippen molar-refractivity contribution in [3.8, 4) is 5.75 Å². The molecule has 124 valence electrons. The van der Waals surface area contributed by atoms with Crippen LogP contribution in [0.5, 0.6) is 5.75 Å². The maximum absolute atomic E-state index is 11.3. The molecule has 0 saturated carbocycles. The van der Waals surface area contributed by atoms with E-state index in [2.05, 4.69) is 29.3 Å². The van der Waals surface area contributed by atoms with Crippen molar-refractivity contribution >= 4 is 11.8 Å². The Hall–Kier alpha value is -2.54. The van der Waals surface area contributed by atoms with Crippen LogP contribution in [0.1, 0.15) is 30.1 Å². The van der Waals surface area contributed by atoms with Gasteiger partial charge in [-0.2, -0.15) is 0 Å². The van der Waals surface area contributed by atoms with E-state index in [0.717, 1.165) is 6.26 Å². The van der Waals surface area contributed by atoms with Gasteiger partial charge in [0.15, 0.2) is 5.75 Å². The van der Waals surface area contributed by atoms with Gasteiger partial charge in [0, 0.05) is 12.5 Å². The van der Waals surface area contributed by atoms with Gasteiger partial charge in [-0.3, -0.25) is 4.79 Å². The molecule has 24 heavy (non-hydrogen) atoms. The predicted octanol–water partition coefficient (Wildman–Crippen LogP) is 3.37. The maximum atomic E-state index is 11.3. The van der Waals surface area contributed by atoms with Crippen LogP contribution in [0.25, 0.3) is 0 Å². The third-order valence-electron chi connectivity index (χ3n) is 3.50. The number of hydrogen-bond acceptors (Lipinski definition) is 7. The number of nitrogens with zero attached hydrogens (tertiary/aromatic N) is 2. The normalized spacial score (nSPS) is 12.2. The molecule has 0 fully saturated rings. The van der Waals surface area contributed by atoms with Crippen molar-refractivity contribution in [2.45, 2.75) is 30.2 Å². The van der Waals surface area contributed by atoms with E-state index >= 15 is 0 Å². The highest BCUT2D eigenvalue weighted by molar-refractivity contribution is 7.98. The molecule has 0 radical (unpaired) electrons. The molecule has 3 aromatic rings.